The average molecular weight is 279 g/mol. The van der Waals surface area contributed by atoms with E-state index in [4.69, 9.17) is 10.9 Å². The van der Waals surface area contributed by atoms with Crippen LogP contribution >= 0.6 is 0 Å². The summed E-state index contributed by atoms with van der Waals surface area (Å²) in [6.07, 6.45) is 5.07. The van der Waals surface area contributed by atoms with Gasteiger partial charge < -0.3 is 15.4 Å². The quantitative estimate of drug-likeness (QED) is 0.537. The SMILES string of the molecule is CCCc1nc(NN)cc(N2CCCC(CCO)C2)n1. The van der Waals surface area contributed by atoms with Crippen molar-refractivity contribution < 1.29 is 5.11 Å². The summed E-state index contributed by atoms with van der Waals surface area (Å²) >= 11 is 0. The van der Waals surface area contributed by atoms with E-state index in [0.29, 0.717) is 11.7 Å². The second kappa shape index (κ2) is 7.40. The maximum Gasteiger partial charge on any atom is 0.145 e. The van der Waals surface area contributed by atoms with Gasteiger partial charge in [-0.15, -0.1) is 0 Å². The zero-order chi connectivity index (χ0) is 14.4. The minimum absolute atomic E-state index is 0.263. The van der Waals surface area contributed by atoms with Crippen LogP contribution in [-0.4, -0.2) is 34.8 Å². The molecule has 1 fully saturated rings. The molecule has 1 aliphatic rings. The minimum Gasteiger partial charge on any atom is -0.396 e. The summed E-state index contributed by atoms with van der Waals surface area (Å²) in [5, 5.41) is 9.10. The Morgan fingerprint density at radius 2 is 2.35 bits per heavy atom. The van der Waals surface area contributed by atoms with Gasteiger partial charge in [-0.3, -0.25) is 0 Å². The van der Waals surface area contributed by atoms with Crippen LogP contribution in [0.2, 0.25) is 0 Å². The Morgan fingerprint density at radius 3 is 3.05 bits per heavy atom. The summed E-state index contributed by atoms with van der Waals surface area (Å²) in [5.74, 6) is 8.49. The van der Waals surface area contributed by atoms with Crippen LogP contribution in [0.1, 0.15) is 38.4 Å². The standard InChI is InChI=1S/C14H25N5O/c1-2-4-12-16-13(18-15)9-14(17-12)19-7-3-5-11(10-19)6-8-20/h9,11,20H,2-8,10,15H2,1H3,(H,16,17,18). The molecule has 1 atom stereocenters. The number of nitrogens with one attached hydrogen (secondary N) is 1. The topological polar surface area (TPSA) is 87.3 Å². The first kappa shape index (κ1) is 15.0. The lowest BCUT2D eigenvalue weighted by molar-refractivity contribution is 0.244. The molecule has 0 spiro atoms. The predicted octanol–water partition coefficient (Wildman–Crippen LogP) is 1.31. The molecular weight excluding hydrogens is 254 g/mol. The van der Waals surface area contributed by atoms with Gasteiger partial charge in [-0.1, -0.05) is 6.92 Å². The average Bonchev–Trinajstić information content (AvgIpc) is 2.48. The fraction of sp³-hybridized carbons (Fsp3) is 0.714. The van der Waals surface area contributed by atoms with Gasteiger partial charge in [0.1, 0.15) is 17.5 Å². The molecule has 1 aromatic heterocycles. The van der Waals surface area contributed by atoms with Crippen molar-refractivity contribution in [1.29, 1.82) is 0 Å². The maximum atomic E-state index is 9.10. The summed E-state index contributed by atoms with van der Waals surface area (Å²) in [5.41, 5.74) is 2.62. The van der Waals surface area contributed by atoms with Gasteiger partial charge >= 0.3 is 0 Å². The van der Waals surface area contributed by atoms with Crippen LogP contribution in [0.4, 0.5) is 11.6 Å². The lowest BCUT2D eigenvalue weighted by atomic mass is 9.95. The van der Waals surface area contributed by atoms with Crippen molar-refractivity contribution in [2.24, 2.45) is 11.8 Å². The van der Waals surface area contributed by atoms with E-state index in [0.717, 1.165) is 50.4 Å². The number of hydrazine groups is 1. The summed E-state index contributed by atoms with van der Waals surface area (Å²) in [4.78, 5) is 11.3. The third-order valence-electron chi connectivity index (χ3n) is 3.76. The fourth-order valence-electron chi connectivity index (χ4n) is 2.75. The van der Waals surface area contributed by atoms with Crippen molar-refractivity contribution >= 4 is 11.6 Å². The molecule has 112 valence electrons. The Morgan fingerprint density at radius 1 is 1.50 bits per heavy atom. The predicted molar refractivity (Wildman–Crippen MR) is 80.5 cm³/mol. The van der Waals surface area contributed by atoms with Crippen LogP contribution in [0.5, 0.6) is 0 Å². The molecule has 20 heavy (non-hydrogen) atoms. The molecule has 0 bridgehead atoms. The highest BCUT2D eigenvalue weighted by Crippen LogP contribution is 2.25. The van der Waals surface area contributed by atoms with Crippen molar-refractivity contribution in [2.75, 3.05) is 30.0 Å². The van der Waals surface area contributed by atoms with Crippen molar-refractivity contribution in [1.82, 2.24) is 9.97 Å². The highest BCUT2D eigenvalue weighted by atomic mass is 16.3. The lowest BCUT2D eigenvalue weighted by Crippen LogP contribution is -2.36. The first-order valence-corrected chi connectivity index (χ1v) is 7.47. The Bertz CT molecular complexity index is 424. The second-order valence-electron chi connectivity index (χ2n) is 5.39. The number of nitrogen functional groups attached to an aromatic ring is 1. The van der Waals surface area contributed by atoms with Crippen LogP contribution in [0.3, 0.4) is 0 Å². The second-order valence-corrected chi connectivity index (χ2v) is 5.39. The number of aryl methyl sites for hydroxylation is 1. The van der Waals surface area contributed by atoms with E-state index < -0.39 is 0 Å². The van der Waals surface area contributed by atoms with Crippen LogP contribution < -0.4 is 16.2 Å². The zero-order valence-electron chi connectivity index (χ0n) is 12.2. The molecule has 0 aromatic carbocycles. The number of nitrogens with two attached hydrogens (primary N) is 1. The van der Waals surface area contributed by atoms with Crippen molar-refractivity contribution in [2.45, 2.75) is 39.0 Å². The van der Waals surface area contributed by atoms with Crippen LogP contribution in [0.25, 0.3) is 0 Å². The Balaban J connectivity index is 2.15. The molecule has 4 N–H and O–H groups in total. The largest absolute Gasteiger partial charge is 0.396 e. The van der Waals surface area contributed by atoms with Gasteiger partial charge in [0.15, 0.2) is 0 Å². The number of aliphatic hydroxyl groups excluding tert-OH is 1. The first-order valence-electron chi connectivity index (χ1n) is 7.47. The lowest BCUT2D eigenvalue weighted by Gasteiger charge is -2.33. The van der Waals surface area contributed by atoms with E-state index in [9.17, 15) is 0 Å². The molecule has 1 aliphatic heterocycles. The van der Waals surface area contributed by atoms with Gasteiger partial charge in [0.25, 0.3) is 0 Å². The fourth-order valence-corrected chi connectivity index (χ4v) is 2.75. The van der Waals surface area contributed by atoms with Gasteiger partial charge in [-0.2, -0.15) is 0 Å². The molecule has 0 saturated carbocycles. The minimum atomic E-state index is 0.263. The highest BCUT2D eigenvalue weighted by Gasteiger charge is 2.21. The van der Waals surface area contributed by atoms with Gasteiger partial charge in [0.05, 0.1) is 0 Å². The molecule has 0 aliphatic carbocycles. The molecule has 2 heterocycles. The van der Waals surface area contributed by atoms with Crippen molar-refractivity contribution in [3.8, 4) is 0 Å². The molecule has 6 nitrogen and oxygen atoms in total. The molecular formula is C14H25N5O. The molecule has 0 amide bonds. The molecule has 2 rings (SSSR count). The normalized spacial score (nSPS) is 19.1. The van der Waals surface area contributed by atoms with Crippen LogP contribution in [0, 0.1) is 5.92 Å². The number of anilines is 2. The van der Waals surface area contributed by atoms with E-state index >= 15 is 0 Å². The van der Waals surface area contributed by atoms with Gasteiger partial charge in [0, 0.05) is 32.2 Å². The number of piperidine rings is 1. The number of hydrogen-bond acceptors (Lipinski definition) is 6. The summed E-state index contributed by atoms with van der Waals surface area (Å²) in [6.45, 7) is 4.34. The van der Waals surface area contributed by atoms with Crippen LogP contribution in [0.15, 0.2) is 6.07 Å². The third kappa shape index (κ3) is 3.80. The number of hydrogen-bond donors (Lipinski definition) is 3. The number of rotatable bonds is 6. The summed E-state index contributed by atoms with van der Waals surface area (Å²) in [6, 6.07) is 1.90. The monoisotopic (exact) mass is 279 g/mol. The van der Waals surface area contributed by atoms with Crippen LogP contribution in [-0.2, 0) is 6.42 Å². The van der Waals surface area contributed by atoms with Crippen molar-refractivity contribution in [3.63, 3.8) is 0 Å². The molecule has 1 saturated heterocycles. The van der Waals surface area contributed by atoms with E-state index in [-0.39, 0.29) is 6.61 Å². The van der Waals surface area contributed by atoms with E-state index in [1.54, 1.807) is 0 Å². The molecule has 6 heteroatoms. The van der Waals surface area contributed by atoms with E-state index in [2.05, 4.69) is 27.2 Å². The summed E-state index contributed by atoms with van der Waals surface area (Å²) < 4.78 is 0. The Kier molecular flexibility index (Phi) is 5.55. The highest BCUT2D eigenvalue weighted by molar-refractivity contribution is 5.49. The Labute approximate surface area is 120 Å². The number of aromatic nitrogens is 2. The van der Waals surface area contributed by atoms with E-state index in [1.165, 1.54) is 6.42 Å². The molecule has 1 unspecified atom stereocenters. The first-order chi connectivity index (χ1) is 9.76. The number of nitrogens with zero attached hydrogens (tertiary/aromatic N) is 3. The van der Waals surface area contributed by atoms with Crippen molar-refractivity contribution in [3.05, 3.63) is 11.9 Å². The van der Waals surface area contributed by atoms with Gasteiger partial charge in [-0.05, 0) is 31.6 Å². The Hall–Kier alpha value is -1.40. The third-order valence-corrected chi connectivity index (χ3v) is 3.76. The maximum absolute atomic E-state index is 9.10. The van der Waals surface area contributed by atoms with Gasteiger partial charge in [-0.25, -0.2) is 15.8 Å². The van der Waals surface area contributed by atoms with E-state index in [1.807, 2.05) is 6.07 Å². The molecule has 0 radical (unpaired) electrons. The zero-order valence-corrected chi connectivity index (χ0v) is 12.2. The summed E-state index contributed by atoms with van der Waals surface area (Å²) in [7, 11) is 0. The van der Waals surface area contributed by atoms with Gasteiger partial charge in [0.2, 0.25) is 0 Å². The number of aliphatic hydroxyl groups is 1. The molecule has 1 aromatic rings. The smallest absolute Gasteiger partial charge is 0.145 e.